The van der Waals surface area contributed by atoms with Crippen molar-refractivity contribution in [2.75, 3.05) is 13.2 Å². The summed E-state index contributed by atoms with van der Waals surface area (Å²) in [5, 5.41) is 3.02. The first-order valence-corrected chi connectivity index (χ1v) is 11.6. The van der Waals surface area contributed by atoms with Crippen molar-refractivity contribution in [3.63, 3.8) is 0 Å². The van der Waals surface area contributed by atoms with E-state index in [0.29, 0.717) is 12.4 Å². The first-order valence-electron chi connectivity index (χ1n) is 11.6. The van der Waals surface area contributed by atoms with Crippen molar-refractivity contribution in [2.45, 2.75) is 39.8 Å². The molecule has 4 rings (SSSR count). The average molecular weight is 458 g/mol. The third kappa shape index (κ3) is 5.76. The zero-order chi connectivity index (χ0) is 23.9. The number of nitrogens with zero attached hydrogens (tertiary/aromatic N) is 2. The van der Waals surface area contributed by atoms with E-state index < -0.39 is 0 Å². The highest BCUT2D eigenvalue weighted by molar-refractivity contribution is 5.79. The van der Waals surface area contributed by atoms with Gasteiger partial charge < -0.3 is 19.4 Å². The van der Waals surface area contributed by atoms with Crippen LogP contribution >= 0.6 is 0 Å². The Morgan fingerprint density at radius 2 is 1.71 bits per heavy atom. The number of fused-ring (bicyclic) bond motifs is 1. The van der Waals surface area contributed by atoms with Gasteiger partial charge in [-0.05, 0) is 74.7 Å². The van der Waals surface area contributed by atoms with Crippen LogP contribution in [-0.2, 0) is 11.3 Å². The van der Waals surface area contributed by atoms with Crippen LogP contribution in [0.4, 0.5) is 0 Å². The van der Waals surface area contributed by atoms with Gasteiger partial charge in [0.25, 0.3) is 5.91 Å². The molecule has 0 aliphatic heterocycles. The maximum atomic E-state index is 12.5. The van der Waals surface area contributed by atoms with Crippen molar-refractivity contribution in [2.24, 2.45) is 0 Å². The van der Waals surface area contributed by atoms with Gasteiger partial charge in [-0.2, -0.15) is 0 Å². The molecule has 4 aromatic rings. The van der Waals surface area contributed by atoms with Crippen molar-refractivity contribution in [3.8, 4) is 11.5 Å². The van der Waals surface area contributed by atoms with Crippen LogP contribution in [0, 0.1) is 13.8 Å². The number of para-hydroxylation sites is 3. The molecule has 0 bridgehead atoms. The van der Waals surface area contributed by atoms with E-state index in [1.165, 1.54) is 11.1 Å². The van der Waals surface area contributed by atoms with E-state index in [4.69, 9.17) is 14.5 Å². The van der Waals surface area contributed by atoms with Crippen molar-refractivity contribution >= 4 is 16.9 Å². The zero-order valence-electron chi connectivity index (χ0n) is 20.0. The second-order valence-corrected chi connectivity index (χ2v) is 8.45. The van der Waals surface area contributed by atoms with Gasteiger partial charge in [-0.15, -0.1) is 0 Å². The third-order valence-electron chi connectivity index (χ3n) is 5.84. The van der Waals surface area contributed by atoms with Gasteiger partial charge >= 0.3 is 0 Å². The Morgan fingerprint density at radius 1 is 0.941 bits per heavy atom. The first-order chi connectivity index (χ1) is 16.5. The SMILES string of the molecule is Cc1ccc(OCCCn2c(C(C)NC(=O)COc3ccccc3)nc3ccccc32)cc1C. The number of aromatic nitrogens is 2. The summed E-state index contributed by atoms with van der Waals surface area (Å²) in [6, 6.07) is 23.3. The van der Waals surface area contributed by atoms with Gasteiger partial charge in [0.1, 0.15) is 17.3 Å². The largest absolute Gasteiger partial charge is 0.494 e. The predicted octanol–water partition coefficient (Wildman–Crippen LogP) is 5.38. The molecule has 3 aromatic carbocycles. The maximum Gasteiger partial charge on any atom is 0.258 e. The Bertz CT molecular complexity index is 1250. The summed E-state index contributed by atoms with van der Waals surface area (Å²) >= 11 is 0. The molecular weight excluding hydrogens is 426 g/mol. The third-order valence-corrected chi connectivity index (χ3v) is 5.84. The number of rotatable bonds is 10. The number of ether oxygens (including phenoxy) is 2. The molecule has 1 aromatic heterocycles. The normalized spacial score (nSPS) is 11.9. The summed E-state index contributed by atoms with van der Waals surface area (Å²) in [6.45, 7) is 7.43. The van der Waals surface area contributed by atoms with Crippen LogP contribution in [-0.4, -0.2) is 28.7 Å². The second-order valence-electron chi connectivity index (χ2n) is 8.45. The predicted molar refractivity (Wildman–Crippen MR) is 134 cm³/mol. The van der Waals surface area contributed by atoms with Crippen molar-refractivity contribution in [3.05, 3.63) is 89.7 Å². The molecule has 0 spiro atoms. The Kier molecular flexibility index (Phi) is 7.48. The van der Waals surface area contributed by atoms with Crippen LogP contribution in [0.2, 0.25) is 0 Å². The minimum Gasteiger partial charge on any atom is -0.494 e. The summed E-state index contributed by atoms with van der Waals surface area (Å²) in [7, 11) is 0. The van der Waals surface area contributed by atoms with Crippen LogP contribution in [0.3, 0.4) is 0 Å². The van der Waals surface area contributed by atoms with Crippen LogP contribution in [0.5, 0.6) is 11.5 Å². The van der Waals surface area contributed by atoms with E-state index in [-0.39, 0.29) is 18.6 Å². The lowest BCUT2D eigenvalue weighted by Gasteiger charge is -2.17. The highest BCUT2D eigenvalue weighted by atomic mass is 16.5. The Balaban J connectivity index is 1.39. The topological polar surface area (TPSA) is 65.4 Å². The minimum absolute atomic E-state index is 0.0433. The quantitative estimate of drug-likeness (QED) is 0.325. The number of benzene rings is 3. The molecule has 1 heterocycles. The molecule has 1 amide bonds. The van der Waals surface area contributed by atoms with E-state index in [0.717, 1.165) is 35.6 Å². The molecule has 1 unspecified atom stereocenters. The van der Waals surface area contributed by atoms with Gasteiger partial charge in [-0.1, -0.05) is 36.4 Å². The fourth-order valence-electron chi connectivity index (χ4n) is 3.89. The zero-order valence-corrected chi connectivity index (χ0v) is 20.0. The minimum atomic E-state index is -0.264. The van der Waals surface area contributed by atoms with Crippen LogP contribution in [0.1, 0.15) is 36.3 Å². The Morgan fingerprint density at radius 3 is 2.50 bits per heavy atom. The molecule has 6 nitrogen and oxygen atoms in total. The molecule has 1 N–H and O–H groups in total. The molecule has 6 heteroatoms. The second kappa shape index (κ2) is 10.9. The number of carbonyl (C=O) groups excluding carboxylic acids is 1. The van der Waals surface area contributed by atoms with Crippen molar-refractivity contribution in [1.29, 1.82) is 0 Å². The standard InChI is InChI=1S/C28H31N3O3/c1-20-14-15-24(18-21(20)2)33-17-9-16-31-26-13-8-7-12-25(26)30-28(31)22(3)29-27(32)19-34-23-10-5-4-6-11-23/h4-8,10-15,18,22H,9,16-17,19H2,1-3H3,(H,29,32). The number of nitrogens with one attached hydrogen (secondary N) is 1. The molecule has 0 fully saturated rings. The van der Waals surface area contributed by atoms with E-state index in [9.17, 15) is 4.79 Å². The smallest absolute Gasteiger partial charge is 0.258 e. The maximum absolute atomic E-state index is 12.5. The molecule has 0 aliphatic carbocycles. The summed E-state index contributed by atoms with van der Waals surface area (Å²) in [4.78, 5) is 17.3. The van der Waals surface area contributed by atoms with E-state index >= 15 is 0 Å². The first kappa shape index (κ1) is 23.4. The van der Waals surface area contributed by atoms with Gasteiger partial charge in [0.15, 0.2) is 6.61 Å². The summed E-state index contributed by atoms with van der Waals surface area (Å²) in [5.74, 6) is 2.19. The number of hydrogen-bond acceptors (Lipinski definition) is 4. The van der Waals surface area contributed by atoms with Gasteiger partial charge in [0.2, 0.25) is 0 Å². The van der Waals surface area contributed by atoms with Crippen molar-refractivity contribution < 1.29 is 14.3 Å². The molecule has 0 aliphatic rings. The lowest BCUT2D eigenvalue weighted by molar-refractivity contribution is -0.123. The summed E-state index contributed by atoms with van der Waals surface area (Å²) in [6.07, 6.45) is 0.818. The number of carbonyl (C=O) groups is 1. The van der Waals surface area contributed by atoms with Gasteiger partial charge in [-0.25, -0.2) is 4.98 Å². The van der Waals surface area contributed by atoms with Crippen LogP contribution < -0.4 is 14.8 Å². The Hall–Kier alpha value is -3.80. The molecular formula is C28H31N3O3. The number of imidazole rings is 1. The van der Waals surface area contributed by atoms with E-state index in [2.05, 4.69) is 41.9 Å². The molecule has 176 valence electrons. The lowest BCUT2D eigenvalue weighted by Crippen LogP contribution is -2.32. The molecule has 0 saturated heterocycles. The highest BCUT2D eigenvalue weighted by Crippen LogP contribution is 2.22. The fraction of sp³-hybridized carbons (Fsp3) is 0.286. The molecule has 0 radical (unpaired) electrons. The number of hydrogen-bond donors (Lipinski definition) is 1. The van der Waals surface area contributed by atoms with E-state index in [1.807, 2.05) is 61.5 Å². The van der Waals surface area contributed by atoms with Gasteiger partial charge in [-0.3, -0.25) is 4.79 Å². The molecule has 1 atom stereocenters. The van der Waals surface area contributed by atoms with Crippen LogP contribution in [0.25, 0.3) is 11.0 Å². The van der Waals surface area contributed by atoms with Crippen LogP contribution in [0.15, 0.2) is 72.8 Å². The lowest BCUT2D eigenvalue weighted by atomic mass is 10.1. The molecule has 0 saturated carbocycles. The fourth-order valence-corrected chi connectivity index (χ4v) is 3.89. The molecule has 34 heavy (non-hydrogen) atoms. The summed E-state index contributed by atoms with van der Waals surface area (Å²) in [5.41, 5.74) is 4.44. The average Bonchev–Trinajstić information content (AvgIpc) is 3.22. The highest BCUT2D eigenvalue weighted by Gasteiger charge is 2.18. The van der Waals surface area contributed by atoms with Gasteiger partial charge in [0.05, 0.1) is 23.7 Å². The van der Waals surface area contributed by atoms with E-state index in [1.54, 1.807) is 0 Å². The van der Waals surface area contributed by atoms with Gasteiger partial charge in [0, 0.05) is 6.54 Å². The summed E-state index contributed by atoms with van der Waals surface area (Å²) < 4.78 is 13.7. The number of aryl methyl sites for hydroxylation is 3. The van der Waals surface area contributed by atoms with Crippen molar-refractivity contribution in [1.82, 2.24) is 14.9 Å². The number of amides is 1. The monoisotopic (exact) mass is 457 g/mol. The Labute approximate surface area is 200 Å².